The van der Waals surface area contributed by atoms with Crippen molar-refractivity contribution in [3.63, 3.8) is 0 Å². The SMILES string of the molecule is CCCN(c1cc([N+](=O)[O-])ccn1)C1CCCNC1. The van der Waals surface area contributed by atoms with E-state index in [1.165, 1.54) is 12.3 Å². The summed E-state index contributed by atoms with van der Waals surface area (Å²) in [4.78, 5) is 17.0. The molecule has 0 spiro atoms. The van der Waals surface area contributed by atoms with Gasteiger partial charge in [0.1, 0.15) is 5.82 Å². The smallest absolute Gasteiger partial charge is 0.274 e. The van der Waals surface area contributed by atoms with Gasteiger partial charge >= 0.3 is 0 Å². The van der Waals surface area contributed by atoms with Crippen molar-refractivity contribution in [3.05, 3.63) is 28.4 Å². The lowest BCUT2D eigenvalue weighted by Crippen LogP contribution is -2.46. The first-order valence-corrected chi connectivity index (χ1v) is 6.80. The van der Waals surface area contributed by atoms with Gasteiger partial charge in [0.2, 0.25) is 0 Å². The fourth-order valence-electron chi connectivity index (χ4n) is 2.50. The van der Waals surface area contributed by atoms with Gasteiger partial charge < -0.3 is 10.2 Å². The summed E-state index contributed by atoms with van der Waals surface area (Å²) in [6.07, 6.45) is 4.77. The van der Waals surface area contributed by atoms with Crippen LogP contribution in [0.15, 0.2) is 18.3 Å². The molecule has 0 aliphatic carbocycles. The minimum Gasteiger partial charge on any atom is -0.352 e. The summed E-state index contributed by atoms with van der Waals surface area (Å²) >= 11 is 0. The highest BCUT2D eigenvalue weighted by Gasteiger charge is 2.22. The maximum absolute atomic E-state index is 10.9. The van der Waals surface area contributed by atoms with E-state index in [-0.39, 0.29) is 10.6 Å². The Kier molecular flexibility index (Phi) is 4.68. The third kappa shape index (κ3) is 3.41. The zero-order valence-electron chi connectivity index (χ0n) is 11.2. The van der Waals surface area contributed by atoms with Crippen LogP contribution in [0.3, 0.4) is 0 Å². The minimum absolute atomic E-state index is 0.106. The predicted octanol–water partition coefficient (Wildman–Crippen LogP) is 1.96. The van der Waals surface area contributed by atoms with Gasteiger partial charge in [-0.25, -0.2) is 4.98 Å². The molecule has 1 atom stereocenters. The van der Waals surface area contributed by atoms with Crippen molar-refractivity contribution in [1.29, 1.82) is 0 Å². The first-order chi connectivity index (χ1) is 9.22. The van der Waals surface area contributed by atoms with Crippen molar-refractivity contribution >= 4 is 11.5 Å². The van der Waals surface area contributed by atoms with E-state index in [0.29, 0.717) is 11.9 Å². The van der Waals surface area contributed by atoms with Crippen LogP contribution in [0.4, 0.5) is 11.5 Å². The molecule has 0 amide bonds. The molecule has 6 heteroatoms. The number of hydrogen-bond donors (Lipinski definition) is 1. The summed E-state index contributed by atoms with van der Waals surface area (Å²) < 4.78 is 0. The van der Waals surface area contributed by atoms with Crippen molar-refractivity contribution in [2.75, 3.05) is 24.5 Å². The molecule has 19 heavy (non-hydrogen) atoms. The second-order valence-electron chi connectivity index (χ2n) is 4.82. The summed E-state index contributed by atoms with van der Waals surface area (Å²) in [5.74, 6) is 0.713. The molecule has 2 heterocycles. The highest BCUT2D eigenvalue weighted by atomic mass is 16.6. The average Bonchev–Trinajstić information content (AvgIpc) is 2.46. The second kappa shape index (κ2) is 6.47. The Morgan fingerprint density at radius 1 is 1.63 bits per heavy atom. The number of rotatable bonds is 5. The lowest BCUT2D eigenvalue weighted by Gasteiger charge is -2.35. The Bertz CT molecular complexity index is 432. The van der Waals surface area contributed by atoms with Crippen LogP contribution in [-0.2, 0) is 0 Å². The maximum Gasteiger partial charge on any atom is 0.274 e. The van der Waals surface area contributed by atoms with Gasteiger partial charge in [-0.3, -0.25) is 10.1 Å². The van der Waals surface area contributed by atoms with Crippen LogP contribution < -0.4 is 10.2 Å². The van der Waals surface area contributed by atoms with Gasteiger partial charge in [0.25, 0.3) is 5.69 Å². The van der Waals surface area contributed by atoms with E-state index >= 15 is 0 Å². The number of nitrogens with zero attached hydrogens (tertiary/aromatic N) is 3. The molecule has 1 aliphatic heterocycles. The van der Waals surface area contributed by atoms with Crippen LogP contribution >= 0.6 is 0 Å². The number of piperidine rings is 1. The molecule has 1 saturated heterocycles. The molecule has 0 radical (unpaired) electrons. The summed E-state index contributed by atoms with van der Waals surface area (Å²) in [5, 5.41) is 14.2. The number of anilines is 1. The summed E-state index contributed by atoms with van der Waals surface area (Å²) in [6, 6.07) is 3.39. The van der Waals surface area contributed by atoms with Crippen molar-refractivity contribution in [3.8, 4) is 0 Å². The van der Waals surface area contributed by atoms with Gasteiger partial charge in [-0.05, 0) is 25.8 Å². The van der Waals surface area contributed by atoms with Crippen LogP contribution in [0.25, 0.3) is 0 Å². The van der Waals surface area contributed by atoms with Gasteiger partial charge in [-0.2, -0.15) is 0 Å². The molecular weight excluding hydrogens is 244 g/mol. The Morgan fingerprint density at radius 3 is 3.11 bits per heavy atom. The molecule has 1 aromatic rings. The van der Waals surface area contributed by atoms with E-state index < -0.39 is 0 Å². The third-order valence-corrected chi connectivity index (χ3v) is 3.41. The molecule has 0 bridgehead atoms. The van der Waals surface area contributed by atoms with Crippen molar-refractivity contribution in [1.82, 2.24) is 10.3 Å². The molecule has 1 aliphatic rings. The van der Waals surface area contributed by atoms with Crippen LogP contribution in [-0.4, -0.2) is 35.6 Å². The molecule has 1 N–H and O–H groups in total. The second-order valence-corrected chi connectivity index (χ2v) is 4.82. The Hall–Kier alpha value is -1.69. The highest BCUT2D eigenvalue weighted by Crippen LogP contribution is 2.22. The molecule has 0 aromatic carbocycles. The van der Waals surface area contributed by atoms with Gasteiger partial charge in [0, 0.05) is 31.4 Å². The van der Waals surface area contributed by atoms with Gasteiger partial charge in [0.05, 0.1) is 11.0 Å². The molecule has 1 fully saturated rings. The van der Waals surface area contributed by atoms with Gasteiger partial charge in [0.15, 0.2) is 0 Å². The largest absolute Gasteiger partial charge is 0.352 e. The van der Waals surface area contributed by atoms with E-state index in [1.807, 2.05) is 0 Å². The molecular formula is C13H20N4O2. The molecule has 2 rings (SSSR count). The Morgan fingerprint density at radius 2 is 2.47 bits per heavy atom. The van der Waals surface area contributed by atoms with E-state index in [0.717, 1.165) is 38.9 Å². The molecule has 0 saturated carbocycles. The lowest BCUT2D eigenvalue weighted by atomic mass is 10.1. The number of nitro groups is 1. The van der Waals surface area contributed by atoms with E-state index in [4.69, 9.17) is 0 Å². The average molecular weight is 264 g/mol. The van der Waals surface area contributed by atoms with E-state index in [1.54, 1.807) is 6.07 Å². The van der Waals surface area contributed by atoms with Crippen molar-refractivity contribution in [2.45, 2.75) is 32.2 Å². The van der Waals surface area contributed by atoms with Crippen LogP contribution in [0.5, 0.6) is 0 Å². The predicted molar refractivity (Wildman–Crippen MR) is 74.4 cm³/mol. The highest BCUT2D eigenvalue weighted by molar-refractivity contribution is 5.47. The summed E-state index contributed by atoms with van der Waals surface area (Å²) in [5.41, 5.74) is 0.106. The molecule has 6 nitrogen and oxygen atoms in total. The zero-order chi connectivity index (χ0) is 13.7. The summed E-state index contributed by atoms with van der Waals surface area (Å²) in [6.45, 7) is 4.96. The summed E-state index contributed by atoms with van der Waals surface area (Å²) in [7, 11) is 0. The van der Waals surface area contributed by atoms with Gasteiger partial charge in [-0.1, -0.05) is 6.92 Å². The van der Waals surface area contributed by atoms with Crippen molar-refractivity contribution in [2.24, 2.45) is 0 Å². The van der Waals surface area contributed by atoms with Crippen molar-refractivity contribution < 1.29 is 4.92 Å². The Labute approximate surface area is 113 Å². The minimum atomic E-state index is -0.367. The zero-order valence-corrected chi connectivity index (χ0v) is 11.2. The van der Waals surface area contributed by atoms with Crippen LogP contribution in [0.2, 0.25) is 0 Å². The number of pyridine rings is 1. The lowest BCUT2D eigenvalue weighted by molar-refractivity contribution is -0.384. The fourth-order valence-corrected chi connectivity index (χ4v) is 2.50. The van der Waals surface area contributed by atoms with Gasteiger partial charge in [-0.15, -0.1) is 0 Å². The van der Waals surface area contributed by atoms with Crippen LogP contribution in [0.1, 0.15) is 26.2 Å². The number of nitrogens with one attached hydrogen (secondary N) is 1. The number of hydrogen-bond acceptors (Lipinski definition) is 5. The monoisotopic (exact) mass is 264 g/mol. The maximum atomic E-state index is 10.9. The first kappa shape index (κ1) is 13.7. The first-order valence-electron chi connectivity index (χ1n) is 6.80. The fraction of sp³-hybridized carbons (Fsp3) is 0.615. The van der Waals surface area contributed by atoms with E-state index in [2.05, 4.69) is 22.1 Å². The topological polar surface area (TPSA) is 71.3 Å². The third-order valence-electron chi connectivity index (χ3n) is 3.41. The standard InChI is InChI=1S/C13H20N4O2/c1-2-8-16(12-4-3-6-14-10-12)13-9-11(17(18)19)5-7-15-13/h5,7,9,12,14H,2-4,6,8,10H2,1H3. The van der Waals surface area contributed by atoms with Crippen LogP contribution in [0, 0.1) is 10.1 Å². The number of aromatic nitrogens is 1. The molecule has 1 aromatic heterocycles. The molecule has 104 valence electrons. The molecule has 1 unspecified atom stereocenters. The normalized spacial score (nSPS) is 19.1. The quantitative estimate of drug-likeness (QED) is 0.650. The van der Waals surface area contributed by atoms with E-state index in [9.17, 15) is 10.1 Å². The Balaban J connectivity index is 2.22.